The number of halogens is 1. The highest BCUT2D eigenvalue weighted by atomic mass is 19.1. The fourth-order valence-corrected chi connectivity index (χ4v) is 2.62. The van der Waals surface area contributed by atoms with E-state index >= 15 is 0 Å². The Bertz CT molecular complexity index is 882. The quantitative estimate of drug-likeness (QED) is 0.815. The molecule has 2 amide bonds. The normalized spacial score (nSPS) is 11.6. The average Bonchev–Trinajstić information content (AvgIpc) is 2.62. The third kappa shape index (κ3) is 4.69. The van der Waals surface area contributed by atoms with Crippen molar-refractivity contribution in [3.8, 4) is 0 Å². The van der Waals surface area contributed by atoms with Gasteiger partial charge in [0.25, 0.3) is 11.8 Å². The molecule has 0 aliphatic rings. The number of aliphatic carboxylic acids is 1. The van der Waals surface area contributed by atoms with Crippen LogP contribution in [0.3, 0.4) is 0 Å². The number of carbonyl (C=O) groups is 3. The highest BCUT2D eigenvalue weighted by Gasteiger charge is 2.23. The molecule has 27 heavy (non-hydrogen) atoms. The van der Waals surface area contributed by atoms with Crippen molar-refractivity contribution < 1.29 is 23.9 Å². The molecule has 0 saturated carbocycles. The Hall–Kier alpha value is -3.22. The molecule has 0 fully saturated rings. The number of amides is 2. The number of para-hydroxylation sites is 1. The molecule has 0 spiro atoms. The lowest BCUT2D eigenvalue weighted by molar-refractivity contribution is -0.141. The summed E-state index contributed by atoms with van der Waals surface area (Å²) >= 11 is 0. The molecule has 0 radical (unpaired) electrons. The number of nitrogens with zero attached hydrogens (tertiary/aromatic N) is 1. The summed E-state index contributed by atoms with van der Waals surface area (Å²) in [6.45, 7) is 3.24. The van der Waals surface area contributed by atoms with E-state index in [2.05, 4.69) is 5.32 Å². The van der Waals surface area contributed by atoms with E-state index in [1.807, 2.05) is 0 Å². The zero-order valence-corrected chi connectivity index (χ0v) is 15.3. The molecule has 142 valence electrons. The minimum atomic E-state index is -1.01. The average molecular weight is 372 g/mol. The summed E-state index contributed by atoms with van der Waals surface area (Å²) in [5, 5.41) is 11.6. The molecule has 1 atom stereocenters. The van der Waals surface area contributed by atoms with Gasteiger partial charge in [-0.1, -0.05) is 31.2 Å². The molecule has 0 saturated heterocycles. The van der Waals surface area contributed by atoms with E-state index in [-0.39, 0.29) is 23.4 Å². The van der Waals surface area contributed by atoms with Gasteiger partial charge in [0.15, 0.2) is 0 Å². The van der Waals surface area contributed by atoms with Crippen LogP contribution >= 0.6 is 0 Å². The van der Waals surface area contributed by atoms with Crippen molar-refractivity contribution in [2.75, 3.05) is 18.9 Å². The predicted octanol–water partition coefficient (Wildman–Crippen LogP) is 3.18. The summed E-state index contributed by atoms with van der Waals surface area (Å²) < 4.78 is 13.9. The minimum Gasteiger partial charge on any atom is -0.481 e. The van der Waals surface area contributed by atoms with Gasteiger partial charge in [0.05, 0.1) is 22.7 Å². The van der Waals surface area contributed by atoms with Crippen molar-refractivity contribution in [1.29, 1.82) is 0 Å². The van der Waals surface area contributed by atoms with Crippen LogP contribution in [-0.2, 0) is 4.79 Å². The lowest BCUT2D eigenvalue weighted by Crippen LogP contribution is -2.34. The molecule has 0 heterocycles. The second-order valence-corrected chi connectivity index (χ2v) is 6.36. The number of carboxylic acid groups (broad SMARTS) is 1. The second kappa shape index (κ2) is 8.44. The molecule has 6 nitrogen and oxygen atoms in total. The number of nitrogens with one attached hydrogen (secondary N) is 1. The van der Waals surface area contributed by atoms with Crippen molar-refractivity contribution in [3.05, 3.63) is 65.0 Å². The number of rotatable bonds is 6. The van der Waals surface area contributed by atoms with Crippen LogP contribution in [0.2, 0.25) is 0 Å². The number of hydrogen-bond acceptors (Lipinski definition) is 3. The molecule has 0 bridgehead atoms. The lowest BCUT2D eigenvalue weighted by Gasteiger charge is -2.22. The Morgan fingerprint density at radius 1 is 1.11 bits per heavy atom. The van der Waals surface area contributed by atoms with Gasteiger partial charge in [0, 0.05) is 13.6 Å². The first-order valence-corrected chi connectivity index (χ1v) is 8.36. The van der Waals surface area contributed by atoms with Crippen LogP contribution in [-0.4, -0.2) is 41.4 Å². The van der Waals surface area contributed by atoms with Gasteiger partial charge in [-0.25, -0.2) is 4.39 Å². The first-order chi connectivity index (χ1) is 12.7. The summed E-state index contributed by atoms with van der Waals surface area (Å²) in [6.07, 6.45) is 0. The zero-order valence-electron chi connectivity index (χ0n) is 15.3. The number of carboxylic acids is 1. The van der Waals surface area contributed by atoms with E-state index in [1.54, 1.807) is 25.1 Å². The fraction of sp³-hybridized carbons (Fsp3) is 0.250. The number of benzene rings is 2. The van der Waals surface area contributed by atoms with E-state index in [0.29, 0.717) is 5.56 Å². The van der Waals surface area contributed by atoms with Gasteiger partial charge >= 0.3 is 5.97 Å². The predicted molar refractivity (Wildman–Crippen MR) is 99.3 cm³/mol. The molecule has 0 aliphatic carbocycles. The second-order valence-electron chi connectivity index (χ2n) is 6.36. The van der Waals surface area contributed by atoms with Crippen LogP contribution in [0.5, 0.6) is 0 Å². The Labute approximate surface area is 156 Å². The molecule has 2 N–H and O–H groups in total. The van der Waals surface area contributed by atoms with E-state index in [0.717, 1.165) is 0 Å². The Kier molecular flexibility index (Phi) is 6.28. The van der Waals surface area contributed by atoms with Crippen molar-refractivity contribution in [2.45, 2.75) is 13.8 Å². The summed E-state index contributed by atoms with van der Waals surface area (Å²) in [6, 6.07) is 10.5. The highest BCUT2D eigenvalue weighted by Crippen LogP contribution is 2.23. The molecular formula is C20H21FN2O4. The number of hydrogen-bond donors (Lipinski definition) is 2. The monoisotopic (exact) mass is 372 g/mol. The standard InChI is InChI=1S/C20H21FN2O4/c1-12-7-6-9-15(19(25)23(3)11-13(2)20(26)27)17(12)22-18(24)14-8-4-5-10-16(14)21/h4-10,13H,11H2,1-3H3,(H,22,24)(H,26,27). The molecule has 2 aromatic rings. The van der Waals surface area contributed by atoms with Gasteiger partial charge in [-0.2, -0.15) is 0 Å². The number of carbonyl (C=O) groups excluding carboxylic acids is 2. The van der Waals surface area contributed by atoms with Gasteiger partial charge < -0.3 is 15.3 Å². The maximum Gasteiger partial charge on any atom is 0.308 e. The molecule has 0 aliphatic heterocycles. The van der Waals surface area contributed by atoms with Crippen molar-refractivity contribution in [2.24, 2.45) is 5.92 Å². The first-order valence-electron chi connectivity index (χ1n) is 8.36. The SMILES string of the molecule is Cc1cccc(C(=O)N(C)CC(C)C(=O)O)c1NC(=O)c1ccccc1F. The van der Waals surface area contributed by atoms with Crippen LogP contribution < -0.4 is 5.32 Å². The van der Waals surface area contributed by atoms with Crippen molar-refractivity contribution in [3.63, 3.8) is 0 Å². The van der Waals surface area contributed by atoms with Gasteiger partial charge in [-0.3, -0.25) is 14.4 Å². The van der Waals surface area contributed by atoms with Crippen LogP contribution in [0.1, 0.15) is 33.2 Å². The van der Waals surface area contributed by atoms with Gasteiger partial charge in [0.1, 0.15) is 5.82 Å². The lowest BCUT2D eigenvalue weighted by atomic mass is 10.0. The summed E-state index contributed by atoms with van der Waals surface area (Å²) in [7, 11) is 1.49. The Morgan fingerprint density at radius 2 is 1.74 bits per heavy atom. The number of aryl methyl sites for hydroxylation is 1. The fourth-order valence-electron chi connectivity index (χ4n) is 2.62. The number of anilines is 1. The maximum atomic E-state index is 13.9. The molecule has 2 aromatic carbocycles. The van der Waals surface area contributed by atoms with E-state index in [1.165, 1.54) is 43.1 Å². The first kappa shape index (κ1) is 20.1. The Balaban J connectivity index is 2.31. The van der Waals surface area contributed by atoms with Crippen LogP contribution in [0.15, 0.2) is 42.5 Å². The third-order valence-electron chi connectivity index (χ3n) is 4.18. The summed E-state index contributed by atoms with van der Waals surface area (Å²) in [5.74, 6) is -3.51. The minimum absolute atomic E-state index is 0.0167. The zero-order chi connectivity index (χ0) is 20.1. The van der Waals surface area contributed by atoms with E-state index in [9.17, 15) is 18.8 Å². The van der Waals surface area contributed by atoms with Gasteiger partial charge in [0.2, 0.25) is 0 Å². The highest BCUT2D eigenvalue weighted by molar-refractivity contribution is 6.09. The van der Waals surface area contributed by atoms with Crippen LogP contribution in [0.4, 0.5) is 10.1 Å². The molecular weight excluding hydrogens is 351 g/mol. The molecule has 0 aromatic heterocycles. The third-order valence-corrected chi connectivity index (χ3v) is 4.18. The van der Waals surface area contributed by atoms with E-state index < -0.39 is 29.5 Å². The van der Waals surface area contributed by atoms with Gasteiger partial charge in [-0.05, 0) is 30.7 Å². The van der Waals surface area contributed by atoms with Crippen molar-refractivity contribution >= 4 is 23.5 Å². The molecule has 2 rings (SSSR count). The maximum absolute atomic E-state index is 13.9. The topological polar surface area (TPSA) is 86.7 Å². The molecule has 7 heteroatoms. The largest absolute Gasteiger partial charge is 0.481 e. The Morgan fingerprint density at radius 3 is 2.37 bits per heavy atom. The summed E-state index contributed by atoms with van der Waals surface area (Å²) in [5.41, 5.74) is 0.975. The molecule has 1 unspecified atom stereocenters. The summed E-state index contributed by atoms with van der Waals surface area (Å²) in [4.78, 5) is 37.5. The van der Waals surface area contributed by atoms with E-state index in [4.69, 9.17) is 5.11 Å². The van der Waals surface area contributed by atoms with Gasteiger partial charge in [-0.15, -0.1) is 0 Å². The van der Waals surface area contributed by atoms with Crippen molar-refractivity contribution in [1.82, 2.24) is 4.90 Å². The smallest absolute Gasteiger partial charge is 0.308 e. The van der Waals surface area contributed by atoms with Crippen LogP contribution in [0.25, 0.3) is 0 Å². The van der Waals surface area contributed by atoms with Crippen LogP contribution in [0, 0.1) is 18.7 Å².